The minimum atomic E-state index is 0.524. The first kappa shape index (κ1) is 15.2. The molecule has 0 saturated carbocycles. The second kappa shape index (κ2) is 5.94. The maximum atomic E-state index is 5.65. The van der Waals surface area contributed by atoms with Gasteiger partial charge >= 0.3 is 0 Å². The molecule has 0 spiro atoms. The predicted octanol–water partition coefficient (Wildman–Crippen LogP) is 3.96. The van der Waals surface area contributed by atoms with Crippen LogP contribution in [-0.2, 0) is 0 Å². The first-order chi connectivity index (χ1) is 12.2. The number of hydrogen-bond donors (Lipinski definition) is 1. The number of ether oxygens (including phenoxy) is 1. The normalized spacial score (nSPS) is 11.0. The van der Waals surface area contributed by atoms with Gasteiger partial charge < -0.3 is 10.5 Å². The third-order valence-corrected chi connectivity index (χ3v) is 4.34. The summed E-state index contributed by atoms with van der Waals surface area (Å²) in [6.07, 6.45) is 3.74. The number of imidazole rings is 1. The predicted molar refractivity (Wildman–Crippen MR) is 99.6 cm³/mol. The summed E-state index contributed by atoms with van der Waals surface area (Å²) < 4.78 is 7.35. The van der Waals surface area contributed by atoms with E-state index in [0.29, 0.717) is 5.82 Å². The Kier molecular flexibility index (Phi) is 3.61. The minimum absolute atomic E-state index is 0.524. The molecule has 0 amide bonds. The number of nitrogen functional groups attached to an aromatic ring is 1. The number of nitrogens with two attached hydrogens (primary N) is 1. The monoisotopic (exact) mass is 330 g/mol. The number of fused-ring (bicyclic) bond motifs is 1. The standard InChI is InChI=1S/C20H18N4O/c1-13-20(23-19-10-8-17(25-2)12-24(13)19)15-5-3-14(4-6-15)16-7-9-18(21)22-11-16/h3-12H,1-2H3,(H2,21,22). The fraction of sp³-hybridized carbons (Fsp3) is 0.100. The zero-order valence-corrected chi connectivity index (χ0v) is 14.1. The number of nitrogens with zero attached hydrogens (tertiary/aromatic N) is 3. The number of anilines is 1. The van der Waals surface area contributed by atoms with Crippen LogP contribution in [0, 0.1) is 6.92 Å². The molecule has 0 saturated heterocycles. The summed E-state index contributed by atoms with van der Waals surface area (Å²) in [5.41, 5.74) is 11.8. The molecule has 4 rings (SSSR count). The van der Waals surface area contributed by atoms with Gasteiger partial charge in [-0.2, -0.15) is 0 Å². The van der Waals surface area contributed by atoms with Crippen LogP contribution in [0.4, 0.5) is 5.82 Å². The van der Waals surface area contributed by atoms with Crippen molar-refractivity contribution in [1.82, 2.24) is 14.4 Å². The van der Waals surface area contributed by atoms with Crippen LogP contribution in [0.3, 0.4) is 0 Å². The number of rotatable bonds is 3. The Hall–Kier alpha value is -3.34. The van der Waals surface area contributed by atoms with Crippen LogP contribution < -0.4 is 10.5 Å². The lowest BCUT2D eigenvalue weighted by Gasteiger charge is -2.04. The van der Waals surface area contributed by atoms with Gasteiger partial charge in [0.15, 0.2) is 0 Å². The Morgan fingerprint density at radius 1 is 0.920 bits per heavy atom. The Labute approximate surface area is 145 Å². The molecule has 5 heteroatoms. The average Bonchev–Trinajstić information content (AvgIpc) is 2.98. The third kappa shape index (κ3) is 2.70. The van der Waals surface area contributed by atoms with Crippen LogP contribution in [0.1, 0.15) is 5.69 Å². The average molecular weight is 330 g/mol. The molecule has 2 N–H and O–H groups in total. The second-order valence-corrected chi connectivity index (χ2v) is 5.89. The van der Waals surface area contributed by atoms with Gasteiger partial charge in [-0.3, -0.25) is 4.40 Å². The molecule has 0 aliphatic rings. The van der Waals surface area contributed by atoms with E-state index < -0.39 is 0 Å². The van der Waals surface area contributed by atoms with E-state index in [4.69, 9.17) is 15.5 Å². The molecule has 124 valence electrons. The molecule has 0 aliphatic carbocycles. The number of pyridine rings is 2. The summed E-state index contributed by atoms with van der Waals surface area (Å²) in [5, 5.41) is 0. The van der Waals surface area contributed by atoms with Crippen LogP contribution in [0.5, 0.6) is 5.75 Å². The lowest BCUT2D eigenvalue weighted by atomic mass is 10.0. The van der Waals surface area contributed by atoms with Gasteiger partial charge in [0, 0.05) is 23.0 Å². The van der Waals surface area contributed by atoms with Gasteiger partial charge in [-0.25, -0.2) is 9.97 Å². The Bertz CT molecular complexity index is 1030. The van der Waals surface area contributed by atoms with Crippen molar-refractivity contribution in [1.29, 1.82) is 0 Å². The molecule has 5 nitrogen and oxygen atoms in total. The molecule has 25 heavy (non-hydrogen) atoms. The first-order valence-electron chi connectivity index (χ1n) is 8.01. The third-order valence-electron chi connectivity index (χ3n) is 4.34. The Morgan fingerprint density at radius 3 is 2.32 bits per heavy atom. The second-order valence-electron chi connectivity index (χ2n) is 5.89. The topological polar surface area (TPSA) is 65.4 Å². The van der Waals surface area contributed by atoms with Crippen LogP contribution in [0.15, 0.2) is 60.9 Å². The van der Waals surface area contributed by atoms with Crippen LogP contribution in [-0.4, -0.2) is 21.5 Å². The molecule has 1 aromatic carbocycles. The van der Waals surface area contributed by atoms with Crippen molar-refractivity contribution in [2.75, 3.05) is 12.8 Å². The smallest absolute Gasteiger partial charge is 0.137 e. The molecule has 0 atom stereocenters. The van der Waals surface area contributed by atoms with Gasteiger partial charge in [0.05, 0.1) is 19.0 Å². The number of hydrogen-bond acceptors (Lipinski definition) is 4. The highest BCUT2D eigenvalue weighted by molar-refractivity contribution is 5.71. The van der Waals surface area contributed by atoms with E-state index in [1.54, 1.807) is 13.3 Å². The lowest BCUT2D eigenvalue weighted by Crippen LogP contribution is -1.90. The molecular formula is C20H18N4O. The molecule has 0 radical (unpaired) electrons. The largest absolute Gasteiger partial charge is 0.495 e. The SMILES string of the molecule is COc1ccc2nc(-c3ccc(-c4ccc(N)nc4)cc3)c(C)n2c1. The van der Waals surface area contributed by atoms with E-state index in [2.05, 4.69) is 36.2 Å². The van der Waals surface area contributed by atoms with E-state index in [1.165, 1.54) is 0 Å². The number of aryl methyl sites for hydroxylation is 1. The lowest BCUT2D eigenvalue weighted by molar-refractivity contribution is 0.412. The summed E-state index contributed by atoms with van der Waals surface area (Å²) in [6.45, 7) is 2.06. The number of aromatic nitrogens is 3. The van der Waals surface area contributed by atoms with Crippen LogP contribution >= 0.6 is 0 Å². The molecule has 0 aliphatic heterocycles. The first-order valence-corrected chi connectivity index (χ1v) is 8.01. The molecule has 3 aromatic heterocycles. The summed E-state index contributed by atoms with van der Waals surface area (Å²) in [5.74, 6) is 1.34. The van der Waals surface area contributed by atoms with Gasteiger partial charge in [-0.15, -0.1) is 0 Å². The van der Waals surface area contributed by atoms with E-state index in [1.807, 2.05) is 34.9 Å². The van der Waals surface area contributed by atoms with Crippen LogP contribution in [0.25, 0.3) is 28.0 Å². The van der Waals surface area contributed by atoms with E-state index in [-0.39, 0.29) is 0 Å². The van der Waals surface area contributed by atoms with Gasteiger partial charge in [0.1, 0.15) is 17.2 Å². The molecule has 0 fully saturated rings. The van der Waals surface area contributed by atoms with Crippen molar-refractivity contribution < 1.29 is 4.74 Å². The molecule has 3 heterocycles. The summed E-state index contributed by atoms with van der Waals surface area (Å²) >= 11 is 0. The highest BCUT2D eigenvalue weighted by Gasteiger charge is 2.11. The van der Waals surface area contributed by atoms with E-state index >= 15 is 0 Å². The van der Waals surface area contributed by atoms with Crippen molar-refractivity contribution in [3.63, 3.8) is 0 Å². The minimum Gasteiger partial charge on any atom is -0.495 e. The van der Waals surface area contributed by atoms with Gasteiger partial charge in [-0.05, 0) is 36.8 Å². The zero-order chi connectivity index (χ0) is 17.4. The number of benzene rings is 1. The Balaban J connectivity index is 1.73. The van der Waals surface area contributed by atoms with Gasteiger partial charge in [-0.1, -0.05) is 24.3 Å². The van der Waals surface area contributed by atoms with Crippen LogP contribution in [0.2, 0.25) is 0 Å². The zero-order valence-electron chi connectivity index (χ0n) is 14.1. The van der Waals surface area contributed by atoms with Gasteiger partial charge in [0.25, 0.3) is 0 Å². The number of methoxy groups -OCH3 is 1. The van der Waals surface area contributed by atoms with Crippen molar-refractivity contribution in [2.24, 2.45) is 0 Å². The van der Waals surface area contributed by atoms with Crippen molar-refractivity contribution >= 4 is 11.5 Å². The molecule has 4 aromatic rings. The van der Waals surface area contributed by atoms with Gasteiger partial charge in [0.2, 0.25) is 0 Å². The quantitative estimate of drug-likeness (QED) is 0.617. The fourth-order valence-corrected chi connectivity index (χ4v) is 2.93. The highest BCUT2D eigenvalue weighted by atomic mass is 16.5. The fourth-order valence-electron chi connectivity index (χ4n) is 2.93. The maximum absolute atomic E-state index is 5.65. The maximum Gasteiger partial charge on any atom is 0.137 e. The van der Waals surface area contributed by atoms with E-state index in [0.717, 1.165) is 39.5 Å². The van der Waals surface area contributed by atoms with Crippen molar-refractivity contribution in [3.8, 4) is 28.1 Å². The summed E-state index contributed by atoms with van der Waals surface area (Å²) in [7, 11) is 1.67. The molecule has 0 unspecified atom stereocenters. The highest BCUT2D eigenvalue weighted by Crippen LogP contribution is 2.28. The Morgan fingerprint density at radius 2 is 1.64 bits per heavy atom. The van der Waals surface area contributed by atoms with Crippen molar-refractivity contribution in [2.45, 2.75) is 6.92 Å². The summed E-state index contributed by atoms with van der Waals surface area (Å²) in [4.78, 5) is 8.90. The van der Waals surface area contributed by atoms with Crippen molar-refractivity contribution in [3.05, 3.63) is 66.6 Å². The molecular weight excluding hydrogens is 312 g/mol. The molecule has 0 bridgehead atoms. The van der Waals surface area contributed by atoms with E-state index in [9.17, 15) is 0 Å². The summed E-state index contributed by atoms with van der Waals surface area (Å²) in [6, 6.07) is 16.0.